The molecule has 1 rings (SSSR count). The highest BCUT2D eigenvalue weighted by Gasteiger charge is 2.23. The van der Waals surface area contributed by atoms with E-state index in [9.17, 15) is 0 Å². The van der Waals surface area contributed by atoms with Crippen molar-refractivity contribution in [3.63, 3.8) is 0 Å². The summed E-state index contributed by atoms with van der Waals surface area (Å²) in [4.78, 5) is 5.43. The molecule has 0 aliphatic carbocycles. The van der Waals surface area contributed by atoms with E-state index in [2.05, 4.69) is 23.8 Å². The summed E-state index contributed by atoms with van der Waals surface area (Å²) < 4.78 is 0. The van der Waals surface area contributed by atoms with Gasteiger partial charge in [0.1, 0.15) is 0 Å². The molecule has 0 bridgehead atoms. The minimum atomic E-state index is 0.323. The van der Waals surface area contributed by atoms with Crippen molar-refractivity contribution in [1.29, 1.82) is 0 Å². The molecule has 1 atom stereocenters. The fourth-order valence-corrected chi connectivity index (χ4v) is 2.18. The molecule has 2 N–H and O–H groups in total. The van der Waals surface area contributed by atoms with Crippen LogP contribution in [0.15, 0.2) is 0 Å². The van der Waals surface area contributed by atoms with Crippen molar-refractivity contribution in [1.82, 2.24) is 9.80 Å². The fourth-order valence-electron chi connectivity index (χ4n) is 1.91. The maximum atomic E-state index is 5.76. The number of nitrogens with two attached hydrogens (primary N) is 1. The lowest BCUT2D eigenvalue weighted by Gasteiger charge is -2.37. The van der Waals surface area contributed by atoms with Gasteiger partial charge in [0.05, 0.1) is 11.0 Å². The first-order valence-corrected chi connectivity index (χ1v) is 5.78. The van der Waals surface area contributed by atoms with Gasteiger partial charge in [-0.2, -0.15) is 0 Å². The SMILES string of the molecule is CCCC(C(N)=S)N1CCN(C)CC1. The number of nitrogens with zero attached hydrogens (tertiary/aromatic N) is 2. The molecule has 0 radical (unpaired) electrons. The maximum Gasteiger partial charge on any atom is 0.0902 e. The lowest BCUT2D eigenvalue weighted by molar-refractivity contribution is 0.133. The molecule has 0 aromatic carbocycles. The van der Waals surface area contributed by atoms with E-state index in [1.807, 2.05) is 0 Å². The van der Waals surface area contributed by atoms with E-state index in [0.29, 0.717) is 11.0 Å². The summed E-state index contributed by atoms with van der Waals surface area (Å²) in [6.45, 7) is 6.63. The average Bonchev–Trinajstić information content (AvgIpc) is 2.15. The Balaban J connectivity index is 2.47. The molecule has 14 heavy (non-hydrogen) atoms. The van der Waals surface area contributed by atoms with Crippen LogP contribution in [-0.2, 0) is 0 Å². The van der Waals surface area contributed by atoms with Crippen LogP contribution in [0.1, 0.15) is 19.8 Å². The van der Waals surface area contributed by atoms with E-state index in [1.54, 1.807) is 0 Å². The second kappa shape index (κ2) is 5.63. The molecule has 0 aromatic rings. The summed E-state index contributed by atoms with van der Waals surface area (Å²) in [5, 5.41) is 0. The van der Waals surface area contributed by atoms with Gasteiger partial charge in [-0.25, -0.2) is 0 Å². The van der Waals surface area contributed by atoms with Crippen LogP contribution in [0.3, 0.4) is 0 Å². The van der Waals surface area contributed by atoms with Crippen molar-refractivity contribution in [2.24, 2.45) is 5.73 Å². The molecule has 3 nitrogen and oxygen atoms in total. The zero-order valence-corrected chi connectivity index (χ0v) is 10.0. The molecule has 1 fully saturated rings. The van der Waals surface area contributed by atoms with Crippen LogP contribution in [0, 0.1) is 0 Å². The Hall–Kier alpha value is -0.190. The standard InChI is InChI=1S/C10H21N3S/c1-3-4-9(10(11)14)13-7-5-12(2)6-8-13/h9H,3-8H2,1-2H3,(H2,11,14). The Kier molecular flexibility index (Phi) is 4.78. The summed E-state index contributed by atoms with van der Waals surface area (Å²) in [6.07, 6.45) is 2.24. The van der Waals surface area contributed by atoms with Crippen LogP contribution >= 0.6 is 12.2 Å². The van der Waals surface area contributed by atoms with E-state index < -0.39 is 0 Å². The van der Waals surface area contributed by atoms with Crippen LogP contribution in [0.5, 0.6) is 0 Å². The third-order valence-electron chi connectivity index (χ3n) is 2.87. The minimum Gasteiger partial charge on any atom is -0.392 e. The highest BCUT2D eigenvalue weighted by atomic mass is 32.1. The monoisotopic (exact) mass is 215 g/mol. The highest BCUT2D eigenvalue weighted by Crippen LogP contribution is 2.10. The van der Waals surface area contributed by atoms with Crippen LogP contribution in [0.2, 0.25) is 0 Å². The van der Waals surface area contributed by atoms with Crippen molar-refractivity contribution in [2.45, 2.75) is 25.8 Å². The van der Waals surface area contributed by atoms with Gasteiger partial charge in [-0.3, -0.25) is 4.90 Å². The Morgan fingerprint density at radius 1 is 1.36 bits per heavy atom. The molecule has 1 saturated heterocycles. The lowest BCUT2D eigenvalue weighted by Crippen LogP contribution is -2.52. The quantitative estimate of drug-likeness (QED) is 0.699. The lowest BCUT2D eigenvalue weighted by atomic mass is 10.1. The molecular weight excluding hydrogens is 194 g/mol. The van der Waals surface area contributed by atoms with E-state index in [0.717, 1.165) is 39.0 Å². The summed E-state index contributed by atoms with van der Waals surface area (Å²) >= 11 is 5.12. The average molecular weight is 215 g/mol. The first-order chi connectivity index (χ1) is 6.65. The summed E-state index contributed by atoms with van der Waals surface area (Å²) in [5.74, 6) is 0. The second-order valence-electron chi connectivity index (χ2n) is 4.05. The first kappa shape index (κ1) is 11.9. The van der Waals surface area contributed by atoms with Gasteiger partial charge in [0.25, 0.3) is 0 Å². The van der Waals surface area contributed by atoms with E-state index in [4.69, 9.17) is 18.0 Å². The van der Waals surface area contributed by atoms with Crippen molar-refractivity contribution in [3.05, 3.63) is 0 Å². The van der Waals surface area contributed by atoms with Crippen LogP contribution in [-0.4, -0.2) is 54.1 Å². The third kappa shape index (κ3) is 3.19. The molecular formula is C10H21N3S. The number of rotatable bonds is 4. The molecule has 0 saturated carbocycles. The van der Waals surface area contributed by atoms with Gasteiger partial charge in [0, 0.05) is 26.2 Å². The Morgan fingerprint density at radius 3 is 2.36 bits per heavy atom. The van der Waals surface area contributed by atoms with Crippen LogP contribution in [0.25, 0.3) is 0 Å². The van der Waals surface area contributed by atoms with E-state index in [-0.39, 0.29) is 0 Å². The summed E-state index contributed by atoms with van der Waals surface area (Å²) in [7, 11) is 2.16. The van der Waals surface area contributed by atoms with E-state index >= 15 is 0 Å². The number of hydrogen-bond donors (Lipinski definition) is 1. The van der Waals surface area contributed by atoms with Crippen molar-refractivity contribution in [2.75, 3.05) is 33.2 Å². The predicted octanol–water partition coefficient (Wildman–Crippen LogP) is 0.689. The van der Waals surface area contributed by atoms with Crippen molar-refractivity contribution in [3.8, 4) is 0 Å². The minimum absolute atomic E-state index is 0.323. The molecule has 1 aliphatic heterocycles. The van der Waals surface area contributed by atoms with Gasteiger partial charge < -0.3 is 10.6 Å². The number of piperazine rings is 1. The fraction of sp³-hybridized carbons (Fsp3) is 0.900. The van der Waals surface area contributed by atoms with Gasteiger partial charge >= 0.3 is 0 Å². The number of likely N-dealkylation sites (N-methyl/N-ethyl adjacent to an activating group) is 1. The first-order valence-electron chi connectivity index (χ1n) is 5.37. The predicted molar refractivity (Wildman–Crippen MR) is 64.6 cm³/mol. The molecule has 0 amide bonds. The zero-order valence-electron chi connectivity index (χ0n) is 9.20. The molecule has 0 aromatic heterocycles. The summed E-state index contributed by atoms with van der Waals surface area (Å²) in [5.41, 5.74) is 5.76. The van der Waals surface area contributed by atoms with E-state index in [1.165, 1.54) is 0 Å². The molecule has 1 aliphatic rings. The molecule has 4 heteroatoms. The molecule has 0 spiro atoms. The van der Waals surface area contributed by atoms with Crippen molar-refractivity contribution >= 4 is 17.2 Å². The topological polar surface area (TPSA) is 32.5 Å². The van der Waals surface area contributed by atoms with Gasteiger partial charge in [-0.05, 0) is 13.5 Å². The normalized spacial score (nSPS) is 22.1. The summed E-state index contributed by atoms with van der Waals surface area (Å²) in [6, 6.07) is 0.323. The zero-order chi connectivity index (χ0) is 10.6. The Labute approximate surface area is 92.2 Å². The molecule has 1 heterocycles. The Bertz CT molecular complexity index is 188. The maximum absolute atomic E-state index is 5.76. The largest absolute Gasteiger partial charge is 0.392 e. The second-order valence-corrected chi connectivity index (χ2v) is 4.52. The van der Waals surface area contributed by atoms with Gasteiger partial charge in [0.15, 0.2) is 0 Å². The van der Waals surface area contributed by atoms with Gasteiger partial charge in [-0.15, -0.1) is 0 Å². The van der Waals surface area contributed by atoms with Crippen LogP contribution in [0.4, 0.5) is 0 Å². The van der Waals surface area contributed by atoms with Gasteiger partial charge in [-0.1, -0.05) is 25.6 Å². The highest BCUT2D eigenvalue weighted by molar-refractivity contribution is 7.80. The van der Waals surface area contributed by atoms with Crippen molar-refractivity contribution < 1.29 is 0 Å². The number of thiocarbonyl (C=S) groups is 1. The third-order valence-corrected chi connectivity index (χ3v) is 3.14. The van der Waals surface area contributed by atoms with Crippen LogP contribution < -0.4 is 5.73 Å². The molecule has 82 valence electrons. The number of hydrogen-bond acceptors (Lipinski definition) is 3. The molecule has 1 unspecified atom stereocenters. The Morgan fingerprint density at radius 2 is 1.93 bits per heavy atom. The van der Waals surface area contributed by atoms with Gasteiger partial charge in [0.2, 0.25) is 0 Å². The smallest absolute Gasteiger partial charge is 0.0902 e.